The van der Waals surface area contributed by atoms with Gasteiger partial charge < -0.3 is 10.6 Å². The molecule has 6 heteroatoms. The number of nitrogens with zero attached hydrogens (tertiary/aromatic N) is 1. The van der Waals surface area contributed by atoms with Gasteiger partial charge in [-0.1, -0.05) is 12.1 Å². The molecule has 27 heavy (non-hydrogen) atoms. The van der Waals surface area contributed by atoms with Gasteiger partial charge in [0.25, 0.3) is 5.91 Å². The summed E-state index contributed by atoms with van der Waals surface area (Å²) < 4.78 is 27.4. The van der Waals surface area contributed by atoms with Crippen molar-refractivity contribution in [2.45, 2.75) is 44.7 Å². The van der Waals surface area contributed by atoms with Crippen LogP contribution >= 0.6 is 0 Å². The van der Waals surface area contributed by atoms with Gasteiger partial charge in [-0.2, -0.15) is 0 Å². The van der Waals surface area contributed by atoms with Crippen molar-refractivity contribution < 1.29 is 18.4 Å². The summed E-state index contributed by atoms with van der Waals surface area (Å²) >= 11 is 0. The summed E-state index contributed by atoms with van der Waals surface area (Å²) in [6.07, 6.45) is 3.13. The largest absolute Gasteiger partial charge is 0.366 e. The molecular weight excluding hydrogens is 350 g/mol. The maximum absolute atomic E-state index is 14.4. The quantitative estimate of drug-likeness (QED) is 0.870. The van der Waals surface area contributed by atoms with Crippen molar-refractivity contribution in [2.75, 3.05) is 0 Å². The van der Waals surface area contributed by atoms with Gasteiger partial charge in [-0.3, -0.25) is 9.59 Å². The van der Waals surface area contributed by atoms with Crippen molar-refractivity contribution in [1.29, 1.82) is 0 Å². The number of likely N-dealkylation sites (tertiary alicyclic amines) is 1. The fourth-order valence-electron chi connectivity index (χ4n) is 3.69. The fourth-order valence-corrected chi connectivity index (χ4v) is 3.69. The van der Waals surface area contributed by atoms with Crippen molar-refractivity contribution in [3.8, 4) is 0 Å². The lowest BCUT2D eigenvalue weighted by Gasteiger charge is -2.29. The number of hydrogen-bond acceptors (Lipinski definition) is 2. The minimum absolute atomic E-state index is 0.00550. The maximum atomic E-state index is 14.4. The highest BCUT2D eigenvalue weighted by Crippen LogP contribution is 2.29. The number of aryl methyl sites for hydroxylation is 1. The first kappa shape index (κ1) is 19.0. The molecule has 1 fully saturated rings. The molecule has 2 amide bonds. The number of primary amides is 1. The van der Waals surface area contributed by atoms with Gasteiger partial charge in [0.05, 0.1) is 5.56 Å². The second kappa shape index (κ2) is 7.86. The predicted molar refractivity (Wildman–Crippen MR) is 98.3 cm³/mol. The molecular formula is C21H22F2N2O2. The second-order valence-electron chi connectivity index (χ2n) is 7.02. The van der Waals surface area contributed by atoms with E-state index in [0.29, 0.717) is 6.42 Å². The summed E-state index contributed by atoms with van der Waals surface area (Å²) in [6, 6.07) is 10.0. The zero-order valence-electron chi connectivity index (χ0n) is 15.1. The number of benzene rings is 2. The second-order valence-corrected chi connectivity index (χ2v) is 7.02. The summed E-state index contributed by atoms with van der Waals surface area (Å²) in [5, 5.41) is 0. The molecule has 0 radical (unpaired) electrons. The predicted octanol–water partition coefficient (Wildman–Crippen LogP) is 3.69. The van der Waals surface area contributed by atoms with Crippen LogP contribution in [0.2, 0.25) is 0 Å². The molecule has 142 valence electrons. The van der Waals surface area contributed by atoms with Crippen LogP contribution in [0.25, 0.3) is 0 Å². The van der Waals surface area contributed by atoms with Gasteiger partial charge in [0, 0.05) is 17.6 Å². The van der Waals surface area contributed by atoms with Gasteiger partial charge >= 0.3 is 0 Å². The molecule has 2 aromatic carbocycles. The molecule has 0 saturated carbocycles. The lowest BCUT2D eigenvalue weighted by atomic mass is 10.0. The van der Waals surface area contributed by atoms with E-state index in [1.165, 1.54) is 24.3 Å². The Bertz CT molecular complexity index is 852. The Balaban J connectivity index is 1.75. The summed E-state index contributed by atoms with van der Waals surface area (Å²) in [6.45, 7) is 1.95. The summed E-state index contributed by atoms with van der Waals surface area (Å²) in [4.78, 5) is 25.8. The molecule has 0 aliphatic carbocycles. The molecule has 2 N–H and O–H groups in total. The first-order valence-electron chi connectivity index (χ1n) is 9.03. The normalized spacial score (nSPS) is 19.3. The Morgan fingerprint density at radius 1 is 1.11 bits per heavy atom. The molecule has 0 unspecified atom stereocenters. The third kappa shape index (κ3) is 4.15. The molecule has 1 saturated heterocycles. The number of halogens is 2. The third-order valence-electron chi connectivity index (χ3n) is 5.18. The van der Waals surface area contributed by atoms with Gasteiger partial charge in [-0.15, -0.1) is 0 Å². The molecule has 0 bridgehead atoms. The van der Waals surface area contributed by atoms with Crippen molar-refractivity contribution >= 4 is 11.8 Å². The van der Waals surface area contributed by atoms with Crippen LogP contribution in [-0.2, 0) is 6.42 Å². The average molecular weight is 372 g/mol. The number of amides is 2. The first-order valence-corrected chi connectivity index (χ1v) is 9.03. The molecule has 1 heterocycles. The van der Waals surface area contributed by atoms with E-state index in [1.54, 1.807) is 17.0 Å². The zero-order chi connectivity index (χ0) is 19.6. The van der Waals surface area contributed by atoms with E-state index in [-0.39, 0.29) is 34.9 Å². The molecule has 3 rings (SSSR count). The minimum Gasteiger partial charge on any atom is -0.366 e. The SMILES string of the molecule is C[C@@H]1CC[C@H](CCc2ccc(F)cc2)N1C(=O)c1ccc(C(N)=O)cc1F. The molecule has 1 aliphatic heterocycles. The van der Waals surface area contributed by atoms with Crippen molar-refractivity contribution in [3.63, 3.8) is 0 Å². The van der Waals surface area contributed by atoms with Crippen molar-refractivity contribution in [2.24, 2.45) is 5.73 Å². The van der Waals surface area contributed by atoms with E-state index in [9.17, 15) is 18.4 Å². The summed E-state index contributed by atoms with van der Waals surface area (Å²) in [5.41, 5.74) is 6.13. The van der Waals surface area contributed by atoms with E-state index in [4.69, 9.17) is 5.73 Å². The van der Waals surface area contributed by atoms with E-state index in [0.717, 1.165) is 30.9 Å². The van der Waals surface area contributed by atoms with E-state index >= 15 is 0 Å². The van der Waals surface area contributed by atoms with Gasteiger partial charge in [0.15, 0.2) is 0 Å². The van der Waals surface area contributed by atoms with Crippen LogP contribution in [0.3, 0.4) is 0 Å². The van der Waals surface area contributed by atoms with E-state index in [1.807, 2.05) is 6.92 Å². The van der Waals surface area contributed by atoms with Crippen LogP contribution in [0.5, 0.6) is 0 Å². The van der Waals surface area contributed by atoms with E-state index in [2.05, 4.69) is 0 Å². The highest BCUT2D eigenvalue weighted by molar-refractivity contribution is 5.97. The monoisotopic (exact) mass is 372 g/mol. The van der Waals surface area contributed by atoms with Crippen LogP contribution in [-0.4, -0.2) is 28.8 Å². The Morgan fingerprint density at radius 2 is 1.81 bits per heavy atom. The number of carbonyl (C=O) groups excluding carboxylic acids is 2. The fraction of sp³-hybridized carbons (Fsp3) is 0.333. The lowest BCUT2D eigenvalue weighted by molar-refractivity contribution is 0.0667. The number of hydrogen-bond donors (Lipinski definition) is 1. The Morgan fingerprint density at radius 3 is 2.44 bits per heavy atom. The average Bonchev–Trinajstić information content (AvgIpc) is 3.01. The van der Waals surface area contributed by atoms with Crippen molar-refractivity contribution in [1.82, 2.24) is 4.90 Å². The minimum atomic E-state index is -0.743. The van der Waals surface area contributed by atoms with Gasteiger partial charge in [-0.25, -0.2) is 8.78 Å². The van der Waals surface area contributed by atoms with Crippen LogP contribution in [0.15, 0.2) is 42.5 Å². The maximum Gasteiger partial charge on any atom is 0.257 e. The number of nitrogens with two attached hydrogens (primary N) is 1. The van der Waals surface area contributed by atoms with Crippen LogP contribution < -0.4 is 5.73 Å². The lowest BCUT2D eigenvalue weighted by Crippen LogP contribution is -2.40. The molecule has 2 aromatic rings. The van der Waals surface area contributed by atoms with Crippen LogP contribution in [0.1, 0.15) is 52.5 Å². The zero-order valence-corrected chi connectivity index (χ0v) is 15.1. The van der Waals surface area contributed by atoms with E-state index < -0.39 is 11.7 Å². The highest BCUT2D eigenvalue weighted by Gasteiger charge is 2.35. The van der Waals surface area contributed by atoms with Gasteiger partial charge in [-0.05, 0) is 68.5 Å². The Kier molecular flexibility index (Phi) is 5.54. The molecule has 0 aromatic heterocycles. The smallest absolute Gasteiger partial charge is 0.257 e. The molecule has 2 atom stereocenters. The van der Waals surface area contributed by atoms with Gasteiger partial charge in [0.2, 0.25) is 5.91 Å². The Labute approximate surface area is 157 Å². The third-order valence-corrected chi connectivity index (χ3v) is 5.18. The molecule has 4 nitrogen and oxygen atoms in total. The number of carbonyl (C=O) groups is 2. The topological polar surface area (TPSA) is 63.4 Å². The summed E-state index contributed by atoms with van der Waals surface area (Å²) in [5.74, 6) is -2.13. The number of rotatable bonds is 5. The van der Waals surface area contributed by atoms with Crippen LogP contribution in [0, 0.1) is 11.6 Å². The molecule has 1 aliphatic rings. The van der Waals surface area contributed by atoms with Crippen LogP contribution in [0.4, 0.5) is 8.78 Å². The Hall–Kier alpha value is -2.76. The molecule has 0 spiro atoms. The van der Waals surface area contributed by atoms with Crippen molar-refractivity contribution in [3.05, 3.63) is 70.8 Å². The summed E-state index contributed by atoms with van der Waals surface area (Å²) in [7, 11) is 0. The highest BCUT2D eigenvalue weighted by atomic mass is 19.1. The standard InChI is InChI=1S/C21H22F2N2O2/c1-13-2-9-17(10-5-14-3-7-16(22)8-4-14)25(13)21(27)18-11-6-15(20(24)26)12-19(18)23/h3-4,6-8,11-13,17H,2,5,9-10H2,1H3,(H2,24,26)/t13-,17-/m1/s1. The van der Waals surface area contributed by atoms with Gasteiger partial charge in [0.1, 0.15) is 11.6 Å². The first-order chi connectivity index (χ1) is 12.9.